The van der Waals surface area contributed by atoms with Crippen LogP contribution in [0.4, 0.5) is 5.82 Å². The van der Waals surface area contributed by atoms with Crippen molar-refractivity contribution in [3.8, 4) is 0 Å². The molecule has 0 radical (unpaired) electrons. The molecule has 1 aromatic heterocycles. The molecule has 0 aliphatic carbocycles. The van der Waals surface area contributed by atoms with Crippen LogP contribution in [0.5, 0.6) is 0 Å². The molecule has 21 heavy (non-hydrogen) atoms. The normalized spacial score (nSPS) is 16.6. The van der Waals surface area contributed by atoms with Crippen LogP contribution in [0, 0.1) is 0 Å². The molecule has 1 N–H and O–H groups in total. The van der Waals surface area contributed by atoms with Crippen LogP contribution in [0.25, 0.3) is 0 Å². The Hall–Kier alpha value is -1.33. The average molecular weight is 311 g/mol. The highest BCUT2D eigenvalue weighted by Crippen LogP contribution is 2.19. The summed E-state index contributed by atoms with van der Waals surface area (Å²) in [7, 11) is 2.08. The molecule has 0 spiro atoms. The predicted molar refractivity (Wildman–Crippen MR) is 86.0 cm³/mol. The van der Waals surface area contributed by atoms with Gasteiger partial charge in [0.25, 0.3) is 5.91 Å². The topological polar surface area (TPSA) is 48.5 Å². The maximum absolute atomic E-state index is 12.6. The van der Waals surface area contributed by atoms with Gasteiger partial charge in [0.1, 0.15) is 11.5 Å². The molecule has 6 heteroatoms. The van der Waals surface area contributed by atoms with Gasteiger partial charge in [0.2, 0.25) is 0 Å². The first-order valence-electron chi connectivity index (χ1n) is 7.50. The Morgan fingerprint density at radius 1 is 1.33 bits per heavy atom. The lowest BCUT2D eigenvalue weighted by Gasteiger charge is -2.21. The first-order chi connectivity index (χ1) is 10.1. The van der Waals surface area contributed by atoms with Crippen LogP contribution in [-0.2, 0) is 0 Å². The van der Waals surface area contributed by atoms with Crippen LogP contribution >= 0.6 is 11.6 Å². The summed E-state index contributed by atoms with van der Waals surface area (Å²) in [5.74, 6) is 0.631. The molecule has 1 aromatic rings. The largest absolute Gasteiger partial charge is 0.370 e. The zero-order valence-electron chi connectivity index (χ0n) is 12.7. The molecule has 1 amide bonds. The number of likely N-dealkylation sites (N-methyl/N-ethyl adjacent to an activating group) is 1. The van der Waals surface area contributed by atoms with E-state index in [0.717, 1.165) is 45.6 Å². The number of carbonyl (C=O) groups is 1. The fourth-order valence-electron chi connectivity index (χ4n) is 2.34. The maximum atomic E-state index is 12.6. The minimum Gasteiger partial charge on any atom is -0.370 e. The van der Waals surface area contributed by atoms with E-state index >= 15 is 0 Å². The van der Waals surface area contributed by atoms with Gasteiger partial charge in [-0.1, -0.05) is 18.5 Å². The van der Waals surface area contributed by atoms with E-state index < -0.39 is 0 Å². The Bertz CT molecular complexity index is 495. The van der Waals surface area contributed by atoms with Gasteiger partial charge >= 0.3 is 0 Å². The second kappa shape index (κ2) is 7.61. The highest BCUT2D eigenvalue weighted by molar-refractivity contribution is 6.33. The van der Waals surface area contributed by atoms with Crippen LogP contribution in [0.3, 0.4) is 0 Å². The molecule has 1 fully saturated rings. The van der Waals surface area contributed by atoms with Crippen LogP contribution in [0.15, 0.2) is 12.1 Å². The van der Waals surface area contributed by atoms with Gasteiger partial charge in [0, 0.05) is 26.2 Å². The number of halogens is 1. The van der Waals surface area contributed by atoms with Crippen molar-refractivity contribution in [3.05, 3.63) is 22.8 Å². The summed E-state index contributed by atoms with van der Waals surface area (Å²) in [6.45, 7) is 6.30. The monoisotopic (exact) mass is 310 g/mol. The van der Waals surface area contributed by atoms with Crippen LogP contribution in [0.1, 0.15) is 30.3 Å². The molecule has 1 aliphatic rings. The minimum atomic E-state index is -0.0737. The number of nitrogens with one attached hydrogen (secondary N) is 1. The molecular weight excluding hydrogens is 288 g/mol. The number of hydrogen-bond donors (Lipinski definition) is 1. The molecule has 0 unspecified atom stereocenters. The first kappa shape index (κ1) is 16.0. The van der Waals surface area contributed by atoms with E-state index in [1.54, 1.807) is 6.07 Å². The van der Waals surface area contributed by atoms with Gasteiger partial charge in [0.15, 0.2) is 0 Å². The lowest BCUT2D eigenvalue weighted by Crippen LogP contribution is -2.35. The van der Waals surface area contributed by atoms with Crippen molar-refractivity contribution < 1.29 is 4.79 Å². The Morgan fingerprint density at radius 2 is 2.14 bits per heavy atom. The highest BCUT2D eigenvalue weighted by atomic mass is 35.5. The highest BCUT2D eigenvalue weighted by Gasteiger charge is 2.22. The lowest BCUT2D eigenvalue weighted by molar-refractivity contribution is 0.0757. The molecule has 116 valence electrons. The molecule has 0 atom stereocenters. The number of aromatic nitrogens is 1. The molecular formula is C15H23ClN4O. The molecule has 0 bridgehead atoms. The minimum absolute atomic E-state index is 0.0737. The SMILES string of the molecule is CCCNc1ccc(Cl)c(C(=O)N2CCCN(C)CC2)n1. The summed E-state index contributed by atoms with van der Waals surface area (Å²) in [5, 5.41) is 3.61. The molecule has 1 saturated heterocycles. The first-order valence-corrected chi connectivity index (χ1v) is 7.88. The van der Waals surface area contributed by atoms with Gasteiger partial charge in [-0.25, -0.2) is 4.98 Å². The molecule has 0 saturated carbocycles. The van der Waals surface area contributed by atoms with Crippen molar-refractivity contribution in [2.45, 2.75) is 19.8 Å². The number of amides is 1. The fourth-order valence-corrected chi connectivity index (χ4v) is 2.53. The molecule has 5 nitrogen and oxygen atoms in total. The molecule has 2 rings (SSSR count). The Labute approximate surface area is 131 Å². The van der Waals surface area contributed by atoms with Crippen LogP contribution in [-0.4, -0.2) is 60.5 Å². The van der Waals surface area contributed by atoms with Gasteiger partial charge < -0.3 is 15.1 Å². The summed E-state index contributed by atoms with van der Waals surface area (Å²) in [6, 6.07) is 3.55. The van der Waals surface area contributed by atoms with Crippen molar-refractivity contribution >= 4 is 23.3 Å². The second-order valence-electron chi connectivity index (χ2n) is 5.40. The Balaban J connectivity index is 2.13. The fraction of sp³-hybridized carbons (Fsp3) is 0.600. The van der Waals surface area contributed by atoms with Gasteiger partial charge in [0.05, 0.1) is 5.02 Å². The molecule has 2 heterocycles. The average Bonchev–Trinajstić information content (AvgIpc) is 2.70. The van der Waals surface area contributed by atoms with E-state index in [1.165, 1.54) is 0 Å². The number of anilines is 1. The number of hydrogen-bond acceptors (Lipinski definition) is 4. The number of rotatable bonds is 4. The number of carbonyl (C=O) groups excluding carboxylic acids is 1. The Kier molecular flexibility index (Phi) is 5.82. The van der Waals surface area contributed by atoms with E-state index in [9.17, 15) is 4.79 Å². The number of pyridine rings is 1. The Morgan fingerprint density at radius 3 is 2.90 bits per heavy atom. The van der Waals surface area contributed by atoms with Crippen LogP contribution < -0.4 is 5.32 Å². The third kappa shape index (κ3) is 4.32. The summed E-state index contributed by atoms with van der Waals surface area (Å²) in [4.78, 5) is 21.1. The standard InChI is InChI=1S/C15H23ClN4O/c1-3-7-17-13-6-5-12(16)14(18-13)15(21)20-9-4-8-19(2)10-11-20/h5-6H,3-4,7-11H2,1-2H3,(H,17,18). The van der Waals surface area contributed by atoms with E-state index in [1.807, 2.05) is 11.0 Å². The number of nitrogens with zero attached hydrogens (tertiary/aromatic N) is 3. The van der Waals surface area contributed by atoms with E-state index in [4.69, 9.17) is 11.6 Å². The lowest BCUT2D eigenvalue weighted by atomic mass is 10.3. The summed E-state index contributed by atoms with van der Waals surface area (Å²) >= 11 is 6.17. The zero-order valence-corrected chi connectivity index (χ0v) is 13.5. The van der Waals surface area contributed by atoms with E-state index in [2.05, 4.69) is 29.2 Å². The van der Waals surface area contributed by atoms with Crippen molar-refractivity contribution in [1.29, 1.82) is 0 Å². The van der Waals surface area contributed by atoms with Crippen molar-refractivity contribution in [2.75, 3.05) is 45.1 Å². The second-order valence-corrected chi connectivity index (χ2v) is 5.81. The predicted octanol–water partition coefficient (Wildman–Crippen LogP) is 2.33. The third-order valence-electron chi connectivity index (χ3n) is 3.61. The quantitative estimate of drug-likeness (QED) is 0.927. The maximum Gasteiger partial charge on any atom is 0.274 e. The van der Waals surface area contributed by atoms with Gasteiger partial charge in [-0.15, -0.1) is 0 Å². The summed E-state index contributed by atoms with van der Waals surface area (Å²) in [5.41, 5.74) is 0.349. The van der Waals surface area contributed by atoms with Crippen molar-refractivity contribution in [3.63, 3.8) is 0 Å². The third-order valence-corrected chi connectivity index (χ3v) is 3.92. The zero-order chi connectivity index (χ0) is 15.2. The van der Waals surface area contributed by atoms with Gasteiger partial charge in [-0.3, -0.25) is 4.79 Å². The molecule has 0 aromatic carbocycles. The van der Waals surface area contributed by atoms with Crippen LogP contribution in [0.2, 0.25) is 5.02 Å². The smallest absolute Gasteiger partial charge is 0.274 e. The summed E-state index contributed by atoms with van der Waals surface area (Å²) in [6.07, 6.45) is 1.99. The van der Waals surface area contributed by atoms with E-state index in [0.29, 0.717) is 16.5 Å². The van der Waals surface area contributed by atoms with Crippen molar-refractivity contribution in [2.24, 2.45) is 0 Å². The molecule has 1 aliphatic heterocycles. The summed E-state index contributed by atoms with van der Waals surface area (Å²) < 4.78 is 0. The van der Waals surface area contributed by atoms with Gasteiger partial charge in [-0.05, 0) is 38.6 Å². The van der Waals surface area contributed by atoms with E-state index in [-0.39, 0.29) is 5.91 Å². The van der Waals surface area contributed by atoms with Gasteiger partial charge in [-0.2, -0.15) is 0 Å². The van der Waals surface area contributed by atoms with Crippen molar-refractivity contribution in [1.82, 2.24) is 14.8 Å².